The lowest BCUT2D eigenvalue weighted by molar-refractivity contribution is 0.301. The second-order valence-corrected chi connectivity index (χ2v) is 6.75. The number of nitrogens with two attached hydrogens (primary N) is 1. The molecule has 6 nitrogen and oxygen atoms in total. The van der Waals surface area contributed by atoms with Crippen molar-refractivity contribution in [1.82, 2.24) is 14.7 Å². The molecule has 0 spiro atoms. The van der Waals surface area contributed by atoms with Crippen LogP contribution in [0.15, 0.2) is 17.3 Å². The van der Waals surface area contributed by atoms with Crippen molar-refractivity contribution in [3.63, 3.8) is 0 Å². The zero-order valence-electron chi connectivity index (χ0n) is 11.0. The van der Waals surface area contributed by atoms with Crippen LogP contribution >= 0.6 is 0 Å². The number of sulfonamides is 1. The summed E-state index contributed by atoms with van der Waals surface area (Å²) in [5, 5.41) is 0. The Morgan fingerprint density at radius 3 is 2.68 bits per heavy atom. The van der Waals surface area contributed by atoms with Crippen molar-refractivity contribution in [1.29, 1.82) is 0 Å². The highest BCUT2D eigenvalue weighted by atomic mass is 32.2. The molecule has 0 aromatic carbocycles. The lowest BCUT2D eigenvalue weighted by Crippen LogP contribution is -2.38. The first kappa shape index (κ1) is 14.2. The molecule has 3 N–H and O–H groups in total. The minimum absolute atomic E-state index is 0.0150. The molecule has 0 saturated heterocycles. The zero-order valence-corrected chi connectivity index (χ0v) is 11.9. The molecule has 1 aromatic rings. The summed E-state index contributed by atoms with van der Waals surface area (Å²) in [6.07, 6.45) is 7.65. The molecule has 1 heterocycles. The highest BCUT2D eigenvalue weighted by Crippen LogP contribution is 2.27. The maximum absolute atomic E-state index is 12.2. The molecule has 1 aliphatic rings. The number of anilines is 1. The molecule has 1 aliphatic carbocycles. The summed E-state index contributed by atoms with van der Waals surface area (Å²) < 4.78 is 27.1. The predicted molar refractivity (Wildman–Crippen MR) is 72.8 cm³/mol. The van der Waals surface area contributed by atoms with Gasteiger partial charge in [0.15, 0.2) is 0 Å². The van der Waals surface area contributed by atoms with Crippen LogP contribution < -0.4 is 10.5 Å². The molecule has 2 rings (SSSR count). The standard InChI is InChI=1S/C12H20N4O2S/c1-2-9-4-3-5-10(6-9)16-19(17,18)11-7-14-12(13)15-8-11/h7-10,16H,2-6H2,1H3,(H2,13,14,15). The number of nitrogens with one attached hydrogen (secondary N) is 1. The number of rotatable bonds is 4. The van der Waals surface area contributed by atoms with E-state index in [-0.39, 0.29) is 16.9 Å². The Labute approximate surface area is 113 Å². The van der Waals surface area contributed by atoms with E-state index in [0.717, 1.165) is 25.7 Å². The maximum Gasteiger partial charge on any atom is 0.243 e. The van der Waals surface area contributed by atoms with E-state index in [1.165, 1.54) is 18.8 Å². The zero-order chi connectivity index (χ0) is 13.9. The van der Waals surface area contributed by atoms with Gasteiger partial charge in [-0.25, -0.2) is 23.1 Å². The summed E-state index contributed by atoms with van der Waals surface area (Å²) in [4.78, 5) is 7.50. The lowest BCUT2D eigenvalue weighted by atomic mass is 9.85. The van der Waals surface area contributed by atoms with Crippen molar-refractivity contribution >= 4 is 16.0 Å². The Kier molecular flexibility index (Phi) is 4.36. The van der Waals surface area contributed by atoms with Gasteiger partial charge in [0.2, 0.25) is 16.0 Å². The van der Waals surface area contributed by atoms with E-state index in [1.54, 1.807) is 0 Å². The molecule has 0 radical (unpaired) electrons. The van der Waals surface area contributed by atoms with Crippen molar-refractivity contribution in [3.05, 3.63) is 12.4 Å². The van der Waals surface area contributed by atoms with E-state index in [4.69, 9.17) is 5.73 Å². The van der Waals surface area contributed by atoms with Crippen LogP contribution in [-0.4, -0.2) is 24.4 Å². The largest absolute Gasteiger partial charge is 0.368 e. The highest BCUT2D eigenvalue weighted by molar-refractivity contribution is 7.89. The molecule has 19 heavy (non-hydrogen) atoms. The van der Waals surface area contributed by atoms with E-state index >= 15 is 0 Å². The topological polar surface area (TPSA) is 98.0 Å². The van der Waals surface area contributed by atoms with Crippen LogP contribution in [0, 0.1) is 5.92 Å². The van der Waals surface area contributed by atoms with Gasteiger partial charge in [0.1, 0.15) is 4.90 Å². The van der Waals surface area contributed by atoms with Gasteiger partial charge >= 0.3 is 0 Å². The van der Waals surface area contributed by atoms with E-state index < -0.39 is 10.0 Å². The van der Waals surface area contributed by atoms with Gasteiger partial charge in [0, 0.05) is 6.04 Å². The predicted octanol–water partition coefficient (Wildman–Crippen LogP) is 1.31. The summed E-state index contributed by atoms with van der Waals surface area (Å²) in [6, 6.07) is 0.0150. The Morgan fingerprint density at radius 2 is 2.05 bits per heavy atom. The fourth-order valence-corrected chi connectivity index (χ4v) is 3.69. The van der Waals surface area contributed by atoms with Gasteiger partial charge in [0.25, 0.3) is 0 Å². The third-order valence-corrected chi connectivity index (χ3v) is 5.12. The SMILES string of the molecule is CCC1CCCC(NS(=O)(=O)c2cnc(N)nc2)C1. The van der Waals surface area contributed by atoms with Crippen LogP contribution in [0.4, 0.5) is 5.95 Å². The molecular formula is C12H20N4O2S. The van der Waals surface area contributed by atoms with Crippen molar-refractivity contribution in [2.75, 3.05) is 5.73 Å². The molecule has 2 atom stereocenters. The minimum atomic E-state index is -3.54. The van der Waals surface area contributed by atoms with E-state index in [9.17, 15) is 8.42 Å². The molecule has 1 aromatic heterocycles. The normalized spacial score (nSPS) is 24.3. The van der Waals surface area contributed by atoms with E-state index in [1.807, 2.05) is 0 Å². The summed E-state index contributed by atoms with van der Waals surface area (Å²) in [5.41, 5.74) is 5.35. The van der Waals surface area contributed by atoms with Gasteiger partial charge in [-0.15, -0.1) is 0 Å². The van der Waals surface area contributed by atoms with Crippen LogP contribution in [0.3, 0.4) is 0 Å². The first-order valence-electron chi connectivity index (χ1n) is 6.61. The van der Waals surface area contributed by atoms with E-state index in [0.29, 0.717) is 5.92 Å². The Morgan fingerprint density at radius 1 is 1.37 bits per heavy atom. The van der Waals surface area contributed by atoms with Gasteiger partial charge in [-0.1, -0.05) is 26.2 Å². The number of hydrogen-bond donors (Lipinski definition) is 2. The molecule has 1 fully saturated rings. The maximum atomic E-state index is 12.2. The quantitative estimate of drug-likeness (QED) is 0.868. The van der Waals surface area contributed by atoms with Gasteiger partial charge in [0.05, 0.1) is 12.4 Å². The first-order chi connectivity index (χ1) is 9.01. The second-order valence-electron chi connectivity index (χ2n) is 5.04. The first-order valence-corrected chi connectivity index (χ1v) is 8.09. The summed E-state index contributed by atoms with van der Waals surface area (Å²) in [5.74, 6) is 0.687. The van der Waals surface area contributed by atoms with Gasteiger partial charge in [-0.3, -0.25) is 0 Å². The molecule has 1 saturated carbocycles. The highest BCUT2D eigenvalue weighted by Gasteiger charge is 2.26. The molecule has 7 heteroatoms. The van der Waals surface area contributed by atoms with Crippen LogP contribution in [0.2, 0.25) is 0 Å². The summed E-state index contributed by atoms with van der Waals surface area (Å²) in [7, 11) is -3.54. The minimum Gasteiger partial charge on any atom is -0.368 e. The van der Waals surface area contributed by atoms with Crippen LogP contribution in [0.1, 0.15) is 39.0 Å². The van der Waals surface area contributed by atoms with Crippen LogP contribution in [-0.2, 0) is 10.0 Å². The van der Waals surface area contributed by atoms with Crippen molar-refractivity contribution in [2.24, 2.45) is 5.92 Å². The fourth-order valence-electron chi connectivity index (χ4n) is 2.52. The van der Waals surface area contributed by atoms with E-state index in [2.05, 4.69) is 21.6 Å². The van der Waals surface area contributed by atoms with Gasteiger partial charge < -0.3 is 5.73 Å². The summed E-state index contributed by atoms with van der Waals surface area (Å²) >= 11 is 0. The Hall–Kier alpha value is -1.21. The summed E-state index contributed by atoms with van der Waals surface area (Å²) in [6.45, 7) is 2.15. The fraction of sp³-hybridized carbons (Fsp3) is 0.667. The smallest absolute Gasteiger partial charge is 0.243 e. The van der Waals surface area contributed by atoms with Gasteiger partial charge in [-0.05, 0) is 18.8 Å². The average molecular weight is 284 g/mol. The molecule has 0 bridgehead atoms. The Balaban J connectivity index is 2.06. The molecule has 106 valence electrons. The number of aromatic nitrogens is 2. The third kappa shape index (κ3) is 3.63. The monoisotopic (exact) mass is 284 g/mol. The Bertz CT molecular complexity index is 515. The molecule has 0 amide bonds. The molecular weight excluding hydrogens is 264 g/mol. The van der Waals surface area contributed by atoms with Crippen molar-refractivity contribution in [3.8, 4) is 0 Å². The molecule has 2 unspecified atom stereocenters. The number of nitrogen functional groups attached to an aromatic ring is 1. The lowest BCUT2D eigenvalue weighted by Gasteiger charge is -2.28. The number of hydrogen-bond acceptors (Lipinski definition) is 5. The second kappa shape index (κ2) is 5.83. The molecule has 0 aliphatic heterocycles. The average Bonchev–Trinajstić information content (AvgIpc) is 2.39. The number of nitrogens with zero attached hydrogens (tertiary/aromatic N) is 2. The van der Waals surface area contributed by atoms with Crippen LogP contribution in [0.5, 0.6) is 0 Å². The van der Waals surface area contributed by atoms with Crippen molar-refractivity contribution < 1.29 is 8.42 Å². The van der Waals surface area contributed by atoms with Crippen molar-refractivity contribution in [2.45, 2.75) is 50.0 Å². The van der Waals surface area contributed by atoms with Crippen LogP contribution in [0.25, 0.3) is 0 Å². The third-order valence-electron chi connectivity index (χ3n) is 3.64. The van der Waals surface area contributed by atoms with Gasteiger partial charge in [-0.2, -0.15) is 0 Å².